The topological polar surface area (TPSA) is 45.0 Å². The Bertz CT molecular complexity index is 433. The summed E-state index contributed by atoms with van der Waals surface area (Å²) >= 11 is 5.90. The van der Waals surface area contributed by atoms with Crippen molar-refractivity contribution in [3.05, 3.63) is 28.8 Å². The summed E-state index contributed by atoms with van der Waals surface area (Å²) in [5.41, 5.74) is 0.361. The van der Waals surface area contributed by atoms with Gasteiger partial charge in [0.25, 0.3) is 0 Å². The van der Waals surface area contributed by atoms with Gasteiger partial charge in [-0.1, -0.05) is 18.5 Å². The van der Waals surface area contributed by atoms with Gasteiger partial charge in [-0.2, -0.15) is 5.26 Å². The highest BCUT2D eigenvalue weighted by atomic mass is 35.5. The number of nitrogens with one attached hydrogen (secondary N) is 1. The number of nitriles is 1. The minimum Gasteiger partial charge on any atom is -0.483 e. The van der Waals surface area contributed by atoms with Gasteiger partial charge in [0, 0.05) is 24.2 Å². The van der Waals surface area contributed by atoms with Crippen LogP contribution in [-0.4, -0.2) is 18.7 Å². The predicted molar refractivity (Wildman–Crippen MR) is 69.9 cm³/mol. The zero-order valence-corrected chi connectivity index (χ0v) is 11.1. The lowest BCUT2D eigenvalue weighted by atomic mass is 9.93. The van der Waals surface area contributed by atoms with Crippen molar-refractivity contribution in [2.75, 3.05) is 13.1 Å². The number of hydrogen-bond acceptors (Lipinski definition) is 3. The smallest absolute Gasteiger partial charge is 0.139 e. The molecule has 1 aromatic rings. The molecular weight excluding hydrogens is 259 g/mol. The van der Waals surface area contributed by atoms with E-state index in [4.69, 9.17) is 21.6 Å². The third-order valence-corrected chi connectivity index (χ3v) is 3.16. The highest BCUT2D eigenvalue weighted by Gasteiger charge is 2.37. The number of nitrogens with zero attached hydrogens (tertiary/aromatic N) is 1. The van der Waals surface area contributed by atoms with E-state index in [0.717, 1.165) is 19.5 Å². The molecule has 92 valence electrons. The molecule has 0 atom stereocenters. The third-order valence-electron chi connectivity index (χ3n) is 2.93. The van der Waals surface area contributed by atoms with Gasteiger partial charge >= 0.3 is 0 Å². The van der Waals surface area contributed by atoms with E-state index in [2.05, 4.69) is 18.3 Å². The molecule has 0 saturated carbocycles. The largest absolute Gasteiger partial charge is 0.483 e. The molecule has 0 radical (unpaired) electrons. The fraction of sp³-hybridized carbons (Fsp3) is 0.417. The van der Waals surface area contributed by atoms with Crippen molar-refractivity contribution < 1.29 is 4.74 Å². The zero-order valence-electron chi connectivity index (χ0n) is 9.50. The van der Waals surface area contributed by atoms with Gasteiger partial charge in [0.05, 0.1) is 5.56 Å². The third kappa shape index (κ3) is 2.84. The summed E-state index contributed by atoms with van der Waals surface area (Å²) in [4.78, 5) is 0. The van der Waals surface area contributed by atoms with Crippen molar-refractivity contribution >= 4 is 24.0 Å². The van der Waals surface area contributed by atoms with E-state index in [1.807, 2.05) is 0 Å². The molecule has 5 heteroatoms. The van der Waals surface area contributed by atoms with Gasteiger partial charge in [-0.05, 0) is 18.6 Å². The fourth-order valence-electron chi connectivity index (χ4n) is 1.70. The monoisotopic (exact) mass is 272 g/mol. The van der Waals surface area contributed by atoms with Crippen LogP contribution in [0.25, 0.3) is 0 Å². The van der Waals surface area contributed by atoms with Crippen molar-refractivity contribution in [1.29, 1.82) is 5.26 Å². The Kier molecular flexibility index (Phi) is 4.64. The summed E-state index contributed by atoms with van der Waals surface area (Å²) in [6.07, 6.45) is 0.914. The Balaban J connectivity index is 0.00000144. The van der Waals surface area contributed by atoms with Crippen molar-refractivity contribution in [3.8, 4) is 11.8 Å². The molecule has 1 aliphatic rings. The van der Waals surface area contributed by atoms with E-state index < -0.39 is 0 Å². The highest BCUT2D eigenvalue weighted by Crippen LogP contribution is 2.29. The minimum atomic E-state index is -0.170. The SMILES string of the molecule is CCC1(Oc2cc(Cl)ccc2C#N)CNC1.Cl. The first kappa shape index (κ1) is 14.1. The first-order valence-electron chi connectivity index (χ1n) is 5.28. The van der Waals surface area contributed by atoms with Gasteiger partial charge in [-0.15, -0.1) is 12.4 Å². The molecule has 0 spiro atoms. The highest BCUT2D eigenvalue weighted by molar-refractivity contribution is 6.30. The van der Waals surface area contributed by atoms with Crippen LogP contribution in [-0.2, 0) is 0 Å². The Labute approximate surface area is 112 Å². The minimum absolute atomic E-state index is 0. The fourth-order valence-corrected chi connectivity index (χ4v) is 1.87. The molecule has 0 unspecified atom stereocenters. The van der Waals surface area contributed by atoms with Gasteiger partial charge in [0.15, 0.2) is 0 Å². The van der Waals surface area contributed by atoms with Gasteiger partial charge in [-0.3, -0.25) is 0 Å². The molecule has 0 amide bonds. The standard InChI is InChI=1S/C12H13ClN2O.ClH/c1-2-12(7-15-8-12)16-11-5-10(13)4-3-9(11)6-14;/h3-5,15H,2,7-8H2,1H3;1H. The molecular formula is C12H14Cl2N2O. The summed E-state index contributed by atoms with van der Waals surface area (Å²) in [5, 5.41) is 12.8. The maximum absolute atomic E-state index is 8.98. The number of rotatable bonds is 3. The molecule has 1 heterocycles. The molecule has 0 aromatic heterocycles. The number of halogens is 2. The van der Waals surface area contributed by atoms with E-state index in [1.54, 1.807) is 18.2 Å². The van der Waals surface area contributed by atoms with Crippen LogP contribution in [0.15, 0.2) is 18.2 Å². The van der Waals surface area contributed by atoms with Crippen molar-refractivity contribution in [2.24, 2.45) is 0 Å². The van der Waals surface area contributed by atoms with Crippen LogP contribution in [0.3, 0.4) is 0 Å². The summed E-state index contributed by atoms with van der Waals surface area (Å²) in [5.74, 6) is 0.582. The van der Waals surface area contributed by atoms with E-state index >= 15 is 0 Å². The lowest BCUT2D eigenvalue weighted by Crippen LogP contribution is -2.62. The summed E-state index contributed by atoms with van der Waals surface area (Å²) in [7, 11) is 0. The van der Waals surface area contributed by atoms with Crippen molar-refractivity contribution in [2.45, 2.75) is 18.9 Å². The van der Waals surface area contributed by atoms with E-state index in [0.29, 0.717) is 16.3 Å². The Hall–Kier alpha value is -0.950. The van der Waals surface area contributed by atoms with Crippen LogP contribution in [0, 0.1) is 11.3 Å². The van der Waals surface area contributed by atoms with Crippen LogP contribution in [0.5, 0.6) is 5.75 Å². The summed E-state index contributed by atoms with van der Waals surface area (Å²) in [6, 6.07) is 7.20. The zero-order chi connectivity index (χ0) is 11.6. The summed E-state index contributed by atoms with van der Waals surface area (Å²) in [6.45, 7) is 3.72. The van der Waals surface area contributed by atoms with Crippen LogP contribution in [0.4, 0.5) is 0 Å². The Morgan fingerprint density at radius 2 is 2.24 bits per heavy atom. The molecule has 0 bridgehead atoms. The molecule has 1 fully saturated rings. The first-order valence-corrected chi connectivity index (χ1v) is 5.66. The van der Waals surface area contributed by atoms with Gasteiger partial charge < -0.3 is 10.1 Å². The van der Waals surface area contributed by atoms with Gasteiger partial charge in [0.1, 0.15) is 17.4 Å². The Morgan fingerprint density at radius 1 is 1.53 bits per heavy atom. The van der Waals surface area contributed by atoms with E-state index in [9.17, 15) is 0 Å². The average molecular weight is 273 g/mol. The van der Waals surface area contributed by atoms with Crippen LogP contribution < -0.4 is 10.1 Å². The predicted octanol–water partition coefficient (Wildman–Crippen LogP) is 2.76. The second-order valence-electron chi connectivity index (χ2n) is 3.99. The average Bonchev–Trinajstić information content (AvgIpc) is 2.24. The van der Waals surface area contributed by atoms with Gasteiger partial charge in [-0.25, -0.2) is 0 Å². The van der Waals surface area contributed by atoms with E-state index in [1.165, 1.54) is 0 Å². The molecule has 17 heavy (non-hydrogen) atoms. The number of benzene rings is 1. The van der Waals surface area contributed by atoms with Crippen LogP contribution >= 0.6 is 24.0 Å². The van der Waals surface area contributed by atoms with Crippen molar-refractivity contribution in [3.63, 3.8) is 0 Å². The van der Waals surface area contributed by atoms with Gasteiger partial charge in [0.2, 0.25) is 0 Å². The molecule has 1 aliphatic heterocycles. The lowest BCUT2D eigenvalue weighted by Gasteiger charge is -2.42. The van der Waals surface area contributed by atoms with Crippen molar-refractivity contribution in [1.82, 2.24) is 5.32 Å². The van der Waals surface area contributed by atoms with E-state index in [-0.39, 0.29) is 18.0 Å². The molecule has 1 saturated heterocycles. The molecule has 3 nitrogen and oxygen atoms in total. The maximum atomic E-state index is 8.98. The normalized spacial score (nSPS) is 16.3. The van der Waals surface area contributed by atoms with Crippen LogP contribution in [0.2, 0.25) is 5.02 Å². The van der Waals surface area contributed by atoms with Crippen LogP contribution in [0.1, 0.15) is 18.9 Å². The molecule has 1 aromatic carbocycles. The maximum Gasteiger partial charge on any atom is 0.139 e. The number of hydrogen-bond donors (Lipinski definition) is 1. The second kappa shape index (κ2) is 5.59. The quantitative estimate of drug-likeness (QED) is 0.921. The molecule has 1 N–H and O–H groups in total. The molecule has 2 rings (SSSR count). The first-order chi connectivity index (χ1) is 7.69. The summed E-state index contributed by atoms with van der Waals surface area (Å²) < 4.78 is 5.92. The lowest BCUT2D eigenvalue weighted by molar-refractivity contribution is 0.0127. The number of ether oxygens (including phenoxy) is 1. The second-order valence-corrected chi connectivity index (χ2v) is 4.43. The Morgan fingerprint density at radius 3 is 2.71 bits per heavy atom. The molecule has 0 aliphatic carbocycles.